The molecule has 3 nitrogen and oxygen atoms in total. The molecule has 0 radical (unpaired) electrons. The minimum absolute atomic E-state index is 0.600. The quantitative estimate of drug-likeness (QED) is 0.877. The average Bonchev–Trinajstić information content (AvgIpc) is 3.01. The zero-order chi connectivity index (χ0) is 12.9. The first kappa shape index (κ1) is 11.7. The molecule has 0 aromatic heterocycles. The van der Waals surface area contributed by atoms with Crippen LogP contribution >= 0.6 is 0 Å². The summed E-state index contributed by atoms with van der Waals surface area (Å²) in [6.07, 6.45) is 1.99. The molecule has 0 aliphatic carbocycles. The molecule has 0 fully saturated rings. The number of hydrogen-bond donors (Lipinski definition) is 2. The van der Waals surface area contributed by atoms with E-state index in [0.29, 0.717) is 6.61 Å². The van der Waals surface area contributed by atoms with Gasteiger partial charge in [-0.2, -0.15) is 0 Å². The molecule has 1 aliphatic rings. The van der Waals surface area contributed by atoms with Crippen molar-refractivity contribution in [2.45, 2.75) is 6.61 Å². The van der Waals surface area contributed by atoms with Crippen LogP contribution < -0.4 is 15.4 Å². The van der Waals surface area contributed by atoms with E-state index in [4.69, 9.17) is 4.74 Å². The molecular weight excluding hydrogens is 236 g/mol. The van der Waals surface area contributed by atoms with Crippen LogP contribution in [0.25, 0.3) is 5.70 Å². The highest BCUT2D eigenvalue weighted by Crippen LogP contribution is 2.18. The van der Waals surface area contributed by atoms with Gasteiger partial charge in [-0.3, -0.25) is 0 Å². The molecule has 0 bridgehead atoms. The molecule has 2 aromatic carbocycles. The third kappa shape index (κ3) is 2.88. The number of nitrogens with one attached hydrogen (secondary N) is 2. The van der Waals surface area contributed by atoms with Crippen LogP contribution in [-0.4, -0.2) is 6.67 Å². The molecule has 2 N–H and O–H groups in total. The monoisotopic (exact) mass is 252 g/mol. The summed E-state index contributed by atoms with van der Waals surface area (Å²) >= 11 is 0. The van der Waals surface area contributed by atoms with Crippen LogP contribution in [0.5, 0.6) is 5.75 Å². The van der Waals surface area contributed by atoms with Crippen molar-refractivity contribution >= 4 is 5.70 Å². The SMILES string of the molecule is C1=C(c2ccc(OCc3ccccc3)cc2)NCN1. The summed E-state index contributed by atoms with van der Waals surface area (Å²) in [6, 6.07) is 18.3. The number of hydrogen-bond acceptors (Lipinski definition) is 3. The Hall–Kier alpha value is -2.42. The van der Waals surface area contributed by atoms with Crippen LogP contribution in [0.4, 0.5) is 0 Å². The van der Waals surface area contributed by atoms with Gasteiger partial charge >= 0.3 is 0 Å². The van der Waals surface area contributed by atoms with Crippen molar-refractivity contribution in [1.82, 2.24) is 10.6 Å². The zero-order valence-electron chi connectivity index (χ0n) is 10.6. The van der Waals surface area contributed by atoms with Gasteiger partial charge in [-0.25, -0.2) is 0 Å². The van der Waals surface area contributed by atoms with Gasteiger partial charge in [0.05, 0.1) is 12.4 Å². The molecule has 1 heterocycles. The van der Waals surface area contributed by atoms with E-state index in [1.807, 2.05) is 36.5 Å². The second-order valence-corrected chi connectivity index (χ2v) is 4.41. The maximum Gasteiger partial charge on any atom is 0.119 e. The summed E-state index contributed by atoms with van der Waals surface area (Å²) in [6.45, 7) is 1.39. The molecule has 0 atom stereocenters. The molecule has 0 spiro atoms. The highest BCUT2D eigenvalue weighted by molar-refractivity contribution is 5.65. The van der Waals surface area contributed by atoms with E-state index in [-0.39, 0.29) is 0 Å². The van der Waals surface area contributed by atoms with Gasteiger partial charge in [-0.1, -0.05) is 30.3 Å². The first-order valence-corrected chi connectivity index (χ1v) is 6.36. The summed E-state index contributed by atoms with van der Waals surface area (Å²) in [5.74, 6) is 0.888. The minimum atomic E-state index is 0.600. The fourth-order valence-electron chi connectivity index (χ4n) is 2.01. The summed E-state index contributed by atoms with van der Waals surface area (Å²) < 4.78 is 5.75. The van der Waals surface area contributed by atoms with Crippen LogP contribution in [-0.2, 0) is 6.61 Å². The van der Waals surface area contributed by atoms with Gasteiger partial charge < -0.3 is 15.4 Å². The van der Waals surface area contributed by atoms with Crippen molar-refractivity contribution in [1.29, 1.82) is 0 Å². The Kier molecular flexibility index (Phi) is 3.36. The lowest BCUT2D eigenvalue weighted by Crippen LogP contribution is -2.13. The average molecular weight is 252 g/mol. The van der Waals surface area contributed by atoms with Crippen molar-refractivity contribution < 1.29 is 4.74 Å². The lowest BCUT2D eigenvalue weighted by molar-refractivity contribution is 0.306. The van der Waals surface area contributed by atoms with E-state index in [9.17, 15) is 0 Å². The van der Waals surface area contributed by atoms with E-state index < -0.39 is 0 Å². The lowest BCUT2D eigenvalue weighted by Gasteiger charge is -2.08. The normalized spacial score (nSPS) is 13.4. The highest BCUT2D eigenvalue weighted by Gasteiger charge is 2.05. The first-order chi connectivity index (χ1) is 9.42. The lowest BCUT2D eigenvalue weighted by atomic mass is 10.1. The molecular formula is C16H16N2O. The van der Waals surface area contributed by atoms with Crippen LogP contribution in [0.15, 0.2) is 60.8 Å². The maximum absolute atomic E-state index is 5.75. The molecule has 0 saturated heterocycles. The summed E-state index contributed by atoms with van der Waals surface area (Å²) in [5, 5.41) is 6.39. The molecule has 3 heteroatoms. The smallest absolute Gasteiger partial charge is 0.119 e. The van der Waals surface area contributed by atoms with Crippen molar-refractivity contribution in [2.24, 2.45) is 0 Å². The van der Waals surface area contributed by atoms with Gasteiger partial charge in [0.1, 0.15) is 12.4 Å². The fraction of sp³-hybridized carbons (Fsp3) is 0.125. The zero-order valence-corrected chi connectivity index (χ0v) is 10.6. The van der Waals surface area contributed by atoms with Gasteiger partial charge in [-0.15, -0.1) is 0 Å². The molecule has 19 heavy (non-hydrogen) atoms. The third-order valence-electron chi connectivity index (χ3n) is 3.04. The van der Waals surface area contributed by atoms with E-state index in [1.54, 1.807) is 0 Å². The highest BCUT2D eigenvalue weighted by atomic mass is 16.5. The van der Waals surface area contributed by atoms with Crippen LogP contribution in [0.1, 0.15) is 11.1 Å². The van der Waals surface area contributed by atoms with Gasteiger partial charge in [0, 0.05) is 6.20 Å². The van der Waals surface area contributed by atoms with Gasteiger partial charge in [0.25, 0.3) is 0 Å². The van der Waals surface area contributed by atoms with Crippen LogP contribution in [0.2, 0.25) is 0 Å². The standard InChI is InChI=1S/C16H16N2O/c1-2-4-13(5-3-1)11-19-15-8-6-14(7-9-15)16-10-17-12-18-16/h1-10,17-18H,11-12H2. The Morgan fingerprint density at radius 1 is 0.947 bits per heavy atom. The molecule has 3 rings (SSSR count). The predicted molar refractivity (Wildman–Crippen MR) is 76.3 cm³/mol. The van der Waals surface area contributed by atoms with Crippen molar-refractivity contribution in [3.63, 3.8) is 0 Å². The van der Waals surface area contributed by atoms with E-state index in [2.05, 4.69) is 34.9 Å². The number of rotatable bonds is 4. The molecule has 1 aliphatic heterocycles. The van der Waals surface area contributed by atoms with Crippen molar-refractivity contribution in [2.75, 3.05) is 6.67 Å². The Morgan fingerprint density at radius 3 is 2.42 bits per heavy atom. The number of benzene rings is 2. The second-order valence-electron chi connectivity index (χ2n) is 4.41. The van der Waals surface area contributed by atoms with Gasteiger partial charge in [0.15, 0.2) is 0 Å². The van der Waals surface area contributed by atoms with Crippen molar-refractivity contribution in [3.05, 3.63) is 71.9 Å². The Morgan fingerprint density at radius 2 is 1.74 bits per heavy atom. The Labute approximate surface area is 112 Å². The molecule has 0 unspecified atom stereocenters. The van der Waals surface area contributed by atoms with Crippen molar-refractivity contribution in [3.8, 4) is 5.75 Å². The molecule has 96 valence electrons. The van der Waals surface area contributed by atoms with Gasteiger partial charge in [0.2, 0.25) is 0 Å². The topological polar surface area (TPSA) is 33.3 Å². The Bertz CT molecular complexity index is 561. The van der Waals surface area contributed by atoms with Crippen LogP contribution in [0, 0.1) is 0 Å². The van der Waals surface area contributed by atoms with Crippen LogP contribution in [0.3, 0.4) is 0 Å². The van der Waals surface area contributed by atoms with E-state index in [1.165, 1.54) is 5.56 Å². The maximum atomic E-state index is 5.75. The molecule has 2 aromatic rings. The summed E-state index contributed by atoms with van der Waals surface area (Å²) in [5.41, 5.74) is 3.46. The van der Waals surface area contributed by atoms with Gasteiger partial charge in [-0.05, 0) is 35.4 Å². The second kappa shape index (κ2) is 5.48. The van der Waals surface area contributed by atoms with E-state index in [0.717, 1.165) is 23.7 Å². The molecule has 0 amide bonds. The predicted octanol–water partition coefficient (Wildman–Crippen LogP) is 2.71. The Balaban J connectivity index is 1.63. The summed E-state index contributed by atoms with van der Waals surface area (Å²) in [7, 11) is 0. The largest absolute Gasteiger partial charge is 0.489 e. The molecule has 0 saturated carbocycles. The first-order valence-electron chi connectivity index (χ1n) is 6.36. The summed E-state index contributed by atoms with van der Waals surface area (Å²) in [4.78, 5) is 0. The number of ether oxygens (including phenoxy) is 1. The van der Waals surface area contributed by atoms with E-state index >= 15 is 0 Å². The third-order valence-corrected chi connectivity index (χ3v) is 3.04. The minimum Gasteiger partial charge on any atom is -0.489 e. The fourth-order valence-corrected chi connectivity index (χ4v) is 2.01.